The number of hydrogen-bond acceptors (Lipinski definition) is 5. The van der Waals surface area contributed by atoms with Crippen molar-refractivity contribution in [2.75, 3.05) is 53.4 Å². The quantitative estimate of drug-likeness (QED) is 0.820. The zero-order valence-electron chi connectivity index (χ0n) is 13.4. The molecule has 3 rings (SSSR count). The Morgan fingerprint density at radius 2 is 2.19 bits per heavy atom. The van der Waals surface area contributed by atoms with Crippen LogP contribution >= 0.6 is 11.3 Å². The average molecular weight is 309 g/mol. The molecular weight excluding hydrogens is 282 g/mol. The van der Waals surface area contributed by atoms with Crippen LogP contribution in [0.15, 0.2) is 12.1 Å². The van der Waals surface area contributed by atoms with Gasteiger partial charge in [0.15, 0.2) is 0 Å². The van der Waals surface area contributed by atoms with Gasteiger partial charge in [0.05, 0.1) is 12.7 Å². The molecule has 5 heteroatoms. The Morgan fingerprint density at radius 3 is 2.90 bits per heavy atom. The Morgan fingerprint density at radius 1 is 1.33 bits per heavy atom. The molecule has 2 aliphatic rings. The van der Waals surface area contributed by atoms with Crippen molar-refractivity contribution in [3.05, 3.63) is 21.9 Å². The van der Waals surface area contributed by atoms with Crippen LogP contribution < -0.4 is 0 Å². The van der Waals surface area contributed by atoms with E-state index < -0.39 is 0 Å². The van der Waals surface area contributed by atoms with Crippen LogP contribution in [-0.2, 0) is 11.3 Å². The van der Waals surface area contributed by atoms with E-state index in [0.717, 1.165) is 45.9 Å². The van der Waals surface area contributed by atoms with Gasteiger partial charge in [0.25, 0.3) is 0 Å². The lowest BCUT2D eigenvalue weighted by Crippen LogP contribution is -2.52. The molecule has 0 spiro atoms. The summed E-state index contributed by atoms with van der Waals surface area (Å²) in [5, 5.41) is 0. The van der Waals surface area contributed by atoms with Crippen molar-refractivity contribution in [1.29, 1.82) is 0 Å². The van der Waals surface area contributed by atoms with Crippen LogP contribution in [0.1, 0.15) is 9.75 Å². The van der Waals surface area contributed by atoms with Gasteiger partial charge in [-0.2, -0.15) is 0 Å². The molecule has 118 valence electrons. The van der Waals surface area contributed by atoms with Gasteiger partial charge in [-0.05, 0) is 33.2 Å². The van der Waals surface area contributed by atoms with E-state index in [0.29, 0.717) is 12.1 Å². The third-order valence-corrected chi connectivity index (χ3v) is 5.49. The van der Waals surface area contributed by atoms with E-state index in [9.17, 15) is 0 Å². The highest BCUT2D eigenvalue weighted by Crippen LogP contribution is 2.25. The molecule has 0 unspecified atom stereocenters. The van der Waals surface area contributed by atoms with Crippen LogP contribution in [0.25, 0.3) is 0 Å². The maximum atomic E-state index is 6.02. The number of aryl methyl sites for hydroxylation is 1. The van der Waals surface area contributed by atoms with Gasteiger partial charge in [-0.15, -0.1) is 11.3 Å². The molecule has 1 aromatic rings. The van der Waals surface area contributed by atoms with Crippen LogP contribution in [0, 0.1) is 6.92 Å². The first kappa shape index (κ1) is 15.4. The molecule has 0 aliphatic carbocycles. The molecule has 0 N–H and O–H groups in total. The number of nitrogens with zero attached hydrogens (tertiary/aromatic N) is 3. The summed E-state index contributed by atoms with van der Waals surface area (Å²) in [6.07, 6.45) is 0.405. The first-order valence-electron chi connectivity index (χ1n) is 7.90. The predicted molar refractivity (Wildman–Crippen MR) is 88.0 cm³/mol. The van der Waals surface area contributed by atoms with Gasteiger partial charge in [-0.25, -0.2) is 0 Å². The smallest absolute Gasteiger partial charge is 0.0870 e. The Kier molecular flexibility index (Phi) is 4.96. The van der Waals surface area contributed by atoms with E-state index in [2.05, 4.69) is 47.9 Å². The minimum Gasteiger partial charge on any atom is -0.374 e. The zero-order chi connectivity index (χ0) is 14.8. The summed E-state index contributed by atoms with van der Waals surface area (Å²) in [6.45, 7) is 9.76. The average Bonchev–Trinajstić information content (AvgIpc) is 3.02. The van der Waals surface area contributed by atoms with Gasteiger partial charge < -0.3 is 9.64 Å². The van der Waals surface area contributed by atoms with Gasteiger partial charge in [-0.1, -0.05) is 0 Å². The predicted octanol–water partition coefficient (Wildman–Crippen LogP) is 1.50. The van der Waals surface area contributed by atoms with Crippen molar-refractivity contribution in [1.82, 2.24) is 14.7 Å². The Hall–Kier alpha value is -0.460. The number of hydrogen-bond donors (Lipinski definition) is 0. The van der Waals surface area contributed by atoms with Crippen molar-refractivity contribution in [2.45, 2.75) is 25.6 Å². The van der Waals surface area contributed by atoms with Gasteiger partial charge in [0, 0.05) is 55.1 Å². The second-order valence-electron chi connectivity index (χ2n) is 6.52. The number of thiophene rings is 1. The van der Waals surface area contributed by atoms with Crippen LogP contribution in [0.5, 0.6) is 0 Å². The van der Waals surface area contributed by atoms with Crippen LogP contribution in [0.4, 0.5) is 0 Å². The van der Waals surface area contributed by atoms with Crippen LogP contribution in [0.2, 0.25) is 0 Å². The molecule has 0 amide bonds. The molecule has 2 saturated heterocycles. The fraction of sp³-hybridized carbons (Fsp3) is 0.750. The van der Waals surface area contributed by atoms with E-state index in [4.69, 9.17) is 4.74 Å². The Labute approximate surface area is 132 Å². The van der Waals surface area contributed by atoms with Gasteiger partial charge in [-0.3, -0.25) is 9.80 Å². The lowest BCUT2D eigenvalue weighted by Gasteiger charge is -2.37. The standard InChI is InChI=1S/C16H27N3OS/c1-13-4-5-14(21-13)10-18-11-15-16(12-18)20-9-8-19(15)7-6-17(2)3/h4-5,15-16H,6-12H2,1-3H3/t15-,16+/m0/s1. The zero-order valence-corrected chi connectivity index (χ0v) is 14.2. The SMILES string of the molecule is Cc1ccc(CN2C[C@H]3OCCN(CCN(C)C)[C@H]3C2)s1. The Balaban J connectivity index is 1.57. The van der Waals surface area contributed by atoms with E-state index >= 15 is 0 Å². The molecule has 0 radical (unpaired) electrons. The second-order valence-corrected chi connectivity index (χ2v) is 7.89. The number of likely N-dealkylation sites (N-methyl/N-ethyl adjacent to an activating group) is 1. The largest absolute Gasteiger partial charge is 0.374 e. The first-order valence-corrected chi connectivity index (χ1v) is 8.71. The van der Waals surface area contributed by atoms with E-state index in [-0.39, 0.29) is 0 Å². The lowest BCUT2D eigenvalue weighted by atomic mass is 10.1. The van der Waals surface area contributed by atoms with Crippen molar-refractivity contribution in [2.24, 2.45) is 0 Å². The molecule has 4 nitrogen and oxygen atoms in total. The monoisotopic (exact) mass is 309 g/mol. The number of likely N-dealkylation sites (tertiary alicyclic amines) is 1. The molecule has 2 atom stereocenters. The number of fused-ring (bicyclic) bond motifs is 1. The molecule has 2 fully saturated rings. The maximum absolute atomic E-state index is 6.02. The first-order chi connectivity index (χ1) is 10.1. The molecule has 0 saturated carbocycles. The van der Waals surface area contributed by atoms with Gasteiger partial charge >= 0.3 is 0 Å². The highest BCUT2D eigenvalue weighted by molar-refractivity contribution is 7.11. The van der Waals surface area contributed by atoms with Crippen LogP contribution in [-0.4, -0.2) is 80.3 Å². The molecule has 2 aliphatic heterocycles. The molecule has 3 heterocycles. The molecule has 0 aromatic carbocycles. The summed E-state index contributed by atoms with van der Waals surface area (Å²) >= 11 is 1.92. The number of rotatable bonds is 5. The summed E-state index contributed by atoms with van der Waals surface area (Å²) < 4.78 is 6.02. The van der Waals surface area contributed by atoms with E-state index in [1.165, 1.54) is 9.75 Å². The molecule has 21 heavy (non-hydrogen) atoms. The van der Waals surface area contributed by atoms with E-state index in [1.807, 2.05) is 11.3 Å². The summed E-state index contributed by atoms with van der Waals surface area (Å²) in [4.78, 5) is 10.4. The molecular formula is C16H27N3OS. The summed E-state index contributed by atoms with van der Waals surface area (Å²) in [5.74, 6) is 0. The summed E-state index contributed by atoms with van der Waals surface area (Å²) in [6, 6.07) is 5.08. The van der Waals surface area contributed by atoms with Gasteiger partial charge in [0.2, 0.25) is 0 Å². The van der Waals surface area contributed by atoms with Crippen molar-refractivity contribution < 1.29 is 4.74 Å². The summed E-state index contributed by atoms with van der Waals surface area (Å²) in [5.41, 5.74) is 0. The highest BCUT2D eigenvalue weighted by Gasteiger charge is 2.39. The number of morpholine rings is 1. The summed E-state index contributed by atoms with van der Waals surface area (Å²) in [7, 11) is 4.30. The molecule has 0 bridgehead atoms. The van der Waals surface area contributed by atoms with Crippen molar-refractivity contribution in [3.63, 3.8) is 0 Å². The third-order valence-electron chi connectivity index (χ3n) is 4.50. The van der Waals surface area contributed by atoms with Crippen molar-refractivity contribution in [3.8, 4) is 0 Å². The van der Waals surface area contributed by atoms with Crippen LogP contribution in [0.3, 0.4) is 0 Å². The fourth-order valence-electron chi connectivity index (χ4n) is 3.36. The minimum absolute atomic E-state index is 0.405. The highest BCUT2D eigenvalue weighted by atomic mass is 32.1. The fourth-order valence-corrected chi connectivity index (χ4v) is 4.29. The normalized spacial score (nSPS) is 27.4. The second kappa shape index (κ2) is 6.75. The van der Waals surface area contributed by atoms with Gasteiger partial charge in [0.1, 0.15) is 0 Å². The van der Waals surface area contributed by atoms with Crippen molar-refractivity contribution >= 4 is 11.3 Å². The molecule has 1 aromatic heterocycles. The Bertz CT molecular complexity index is 462. The topological polar surface area (TPSA) is 19.0 Å². The maximum Gasteiger partial charge on any atom is 0.0870 e. The lowest BCUT2D eigenvalue weighted by molar-refractivity contribution is -0.0483. The number of ether oxygens (including phenoxy) is 1. The van der Waals surface area contributed by atoms with E-state index in [1.54, 1.807) is 0 Å². The third kappa shape index (κ3) is 3.85. The minimum atomic E-state index is 0.405.